The molecule has 0 spiro atoms. The van der Waals surface area contributed by atoms with Crippen molar-refractivity contribution >= 4 is 22.6 Å². The topological polar surface area (TPSA) is 101 Å². The average Bonchev–Trinajstić information content (AvgIpc) is 2.98. The van der Waals surface area contributed by atoms with Gasteiger partial charge in [-0.1, -0.05) is 30.3 Å². The van der Waals surface area contributed by atoms with Crippen molar-refractivity contribution < 1.29 is 9.72 Å². The largest absolute Gasteiger partial charge is 0.346 e. The van der Waals surface area contributed by atoms with Crippen molar-refractivity contribution in [2.45, 2.75) is 19.4 Å². The zero-order chi connectivity index (χ0) is 17.1. The molecule has 0 radical (unpaired) electrons. The van der Waals surface area contributed by atoms with E-state index in [9.17, 15) is 14.9 Å². The summed E-state index contributed by atoms with van der Waals surface area (Å²) in [5, 5.41) is 13.7. The van der Waals surface area contributed by atoms with Crippen LogP contribution in [0.4, 0.5) is 5.69 Å². The number of non-ortho nitro benzene ring substituents is 1. The van der Waals surface area contributed by atoms with E-state index in [0.717, 1.165) is 5.56 Å². The maximum Gasteiger partial charge on any atom is 0.271 e. The second kappa shape index (κ2) is 6.49. The van der Waals surface area contributed by atoms with Gasteiger partial charge in [-0.05, 0) is 18.6 Å². The number of benzene rings is 2. The Bertz CT molecular complexity index is 889. The molecule has 2 N–H and O–H groups in total. The second-order valence-corrected chi connectivity index (χ2v) is 5.53. The number of aromatic amines is 1. The molecule has 0 saturated heterocycles. The zero-order valence-corrected chi connectivity index (χ0v) is 13.0. The normalized spacial score (nSPS) is 12.0. The summed E-state index contributed by atoms with van der Waals surface area (Å²) in [5.41, 5.74) is 2.13. The maximum absolute atomic E-state index is 12.1. The number of carbonyl (C=O) groups excluding carboxylic acids is 1. The number of rotatable bonds is 5. The minimum absolute atomic E-state index is 0.00142. The summed E-state index contributed by atoms with van der Waals surface area (Å²) < 4.78 is 0. The highest BCUT2D eigenvalue weighted by atomic mass is 16.6. The Labute approximate surface area is 137 Å². The summed E-state index contributed by atoms with van der Waals surface area (Å²) in [5.74, 6) is 0.451. The van der Waals surface area contributed by atoms with Crippen molar-refractivity contribution in [3.8, 4) is 0 Å². The quantitative estimate of drug-likeness (QED) is 0.556. The van der Waals surface area contributed by atoms with E-state index in [-0.39, 0.29) is 24.1 Å². The molecule has 0 saturated carbocycles. The van der Waals surface area contributed by atoms with Crippen molar-refractivity contribution in [2.75, 3.05) is 0 Å². The molecule has 0 aliphatic rings. The van der Waals surface area contributed by atoms with E-state index in [1.807, 2.05) is 37.3 Å². The number of aromatic nitrogens is 2. The van der Waals surface area contributed by atoms with Gasteiger partial charge in [-0.25, -0.2) is 4.98 Å². The smallest absolute Gasteiger partial charge is 0.271 e. The van der Waals surface area contributed by atoms with Crippen molar-refractivity contribution in [3.05, 3.63) is 70.0 Å². The predicted octanol–water partition coefficient (Wildman–Crippen LogP) is 2.89. The first-order chi connectivity index (χ1) is 11.5. The highest BCUT2D eigenvalue weighted by Gasteiger charge is 2.15. The molecule has 24 heavy (non-hydrogen) atoms. The number of H-pyrrole nitrogens is 1. The lowest BCUT2D eigenvalue weighted by Gasteiger charge is -2.11. The van der Waals surface area contributed by atoms with Crippen LogP contribution in [-0.4, -0.2) is 20.8 Å². The molecule has 0 aliphatic heterocycles. The van der Waals surface area contributed by atoms with E-state index in [1.165, 1.54) is 12.1 Å². The molecule has 1 atom stereocenters. The fourth-order valence-corrected chi connectivity index (χ4v) is 2.48. The van der Waals surface area contributed by atoms with E-state index < -0.39 is 4.92 Å². The molecule has 0 fully saturated rings. The van der Waals surface area contributed by atoms with Crippen LogP contribution >= 0.6 is 0 Å². The third-order valence-corrected chi connectivity index (χ3v) is 3.69. The van der Waals surface area contributed by atoms with Crippen molar-refractivity contribution in [3.63, 3.8) is 0 Å². The summed E-state index contributed by atoms with van der Waals surface area (Å²) in [6, 6.07) is 13.6. The second-order valence-electron chi connectivity index (χ2n) is 5.53. The predicted molar refractivity (Wildman–Crippen MR) is 89.5 cm³/mol. The van der Waals surface area contributed by atoms with Gasteiger partial charge in [0.15, 0.2) is 0 Å². The number of nitro groups is 1. The molecule has 3 aromatic rings. The van der Waals surface area contributed by atoms with E-state index >= 15 is 0 Å². The molecule has 1 aromatic heterocycles. The Morgan fingerprint density at radius 2 is 2.04 bits per heavy atom. The minimum atomic E-state index is -0.453. The van der Waals surface area contributed by atoms with Crippen molar-refractivity contribution in [1.82, 2.24) is 15.3 Å². The number of carbonyl (C=O) groups is 1. The van der Waals surface area contributed by atoms with E-state index in [0.29, 0.717) is 16.9 Å². The Balaban J connectivity index is 1.72. The molecule has 122 valence electrons. The highest BCUT2D eigenvalue weighted by molar-refractivity contribution is 5.80. The van der Waals surface area contributed by atoms with E-state index in [2.05, 4.69) is 15.3 Å². The van der Waals surface area contributed by atoms with E-state index in [1.54, 1.807) is 6.07 Å². The van der Waals surface area contributed by atoms with Gasteiger partial charge in [-0.15, -0.1) is 0 Å². The molecular formula is C17H16N4O3. The van der Waals surface area contributed by atoms with Gasteiger partial charge < -0.3 is 10.3 Å². The maximum atomic E-state index is 12.1. The fraction of sp³-hybridized carbons (Fsp3) is 0.176. The van der Waals surface area contributed by atoms with Gasteiger partial charge in [-0.2, -0.15) is 0 Å². The van der Waals surface area contributed by atoms with Gasteiger partial charge in [0.25, 0.3) is 5.69 Å². The third kappa shape index (κ3) is 3.40. The lowest BCUT2D eigenvalue weighted by molar-refractivity contribution is -0.384. The number of nitrogens with zero attached hydrogens (tertiary/aromatic N) is 2. The monoisotopic (exact) mass is 324 g/mol. The fourth-order valence-electron chi connectivity index (χ4n) is 2.48. The molecule has 0 bridgehead atoms. The Morgan fingerprint density at radius 1 is 1.29 bits per heavy atom. The molecule has 3 rings (SSSR count). The lowest BCUT2D eigenvalue weighted by Crippen LogP contribution is -2.28. The van der Waals surface area contributed by atoms with Gasteiger partial charge in [0.1, 0.15) is 5.82 Å². The summed E-state index contributed by atoms with van der Waals surface area (Å²) in [7, 11) is 0. The van der Waals surface area contributed by atoms with Crippen LogP contribution in [0.3, 0.4) is 0 Å². The molecule has 0 aliphatic carbocycles. The van der Waals surface area contributed by atoms with Crippen molar-refractivity contribution in [1.29, 1.82) is 0 Å². The number of fused-ring (bicyclic) bond motifs is 1. The first-order valence-electron chi connectivity index (χ1n) is 7.50. The van der Waals surface area contributed by atoms with Crippen LogP contribution in [0.1, 0.15) is 24.4 Å². The Hall–Kier alpha value is -3.22. The summed E-state index contributed by atoms with van der Waals surface area (Å²) >= 11 is 0. The van der Waals surface area contributed by atoms with Gasteiger partial charge in [0.05, 0.1) is 28.4 Å². The van der Waals surface area contributed by atoms with Crippen LogP contribution in [0.15, 0.2) is 48.5 Å². The first kappa shape index (κ1) is 15.7. The van der Waals surface area contributed by atoms with Crippen LogP contribution in [0.25, 0.3) is 11.0 Å². The van der Waals surface area contributed by atoms with Crippen LogP contribution in [-0.2, 0) is 11.2 Å². The lowest BCUT2D eigenvalue weighted by atomic mass is 10.1. The van der Waals surface area contributed by atoms with Crippen LogP contribution in [0.5, 0.6) is 0 Å². The standard InChI is InChI=1S/C17H16N4O3/c1-11(18-16(22)9-12-5-3-2-4-6-12)17-19-14-8-7-13(21(23)24)10-15(14)20-17/h2-8,10-11H,9H2,1H3,(H,18,22)(H,19,20). The van der Waals surface area contributed by atoms with Gasteiger partial charge in [0.2, 0.25) is 5.91 Å². The van der Waals surface area contributed by atoms with Gasteiger partial charge >= 0.3 is 0 Å². The van der Waals surface area contributed by atoms with Gasteiger partial charge in [0, 0.05) is 12.1 Å². The number of amides is 1. The molecular weight excluding hydrogens is 308 g/mol. The van der Waals surface area contributed by atoms with Crippen LogP contribution in [0.2, 0.25) is 0 Å². The highest BCUT2D eigenvalue weighted by Crippen LogP contribution is 2.21. The molecule has 1 unspecified atom stereocenters. The number of imidazole rings is 1. The summed E-state index contributed by atoms with van der Waals surface area (Å²) in [4.78, 5) is 29.9. The molecule has 2 aromatic carbocycles. The zero-order valence-electron chi connectivity index (χ0n) is 13.0. The number of nitro benzene ring substituents is 1. The van der Waals surface area contributed by atoms with Gasteiger partial charge in [-0.3, -0.25) is 14.9 Å². The molecule has 1 heterocycles. The SMILES string of the molecule is CC(NC(=O)Cc1ccccc1)c1nc2ccc([N+](=O)[O-])cc2[nH]1. The Kier molecular flexibility index (Phi) is 4.24. The number of hydrogen-bond acceptors (Lipinski definition) is 4. The minimum Gasteiger partial charge on any atom is -0.346 e. The average molecular weight is 324 g/mol. The van der Waals surface area contributed by atoms with Crippen molar-refractivity contribution in [2.24, 2.45) is 0 Å². The summed E-state index contributed by atoms with van der Waals surface area (Å²) in [6.45, 7) is 1.81. The number of nitrogens with one attached hydrogen (secondary N) is 2. The number of hydrogen-bond donors (Lipinski definition) is 2. The molecule has 7 heteroatoms. The molecule has 7 nitrogen and oxygen atoms in total. The third-order valence-electron chi connectivity index (χ3n) is 3.69. The Morgan fingerprint density at radius 3 is 2.75 bits per heavy atom. The van der Waals surface area contributed by atoms with Crippen LogP contribution < -0.4 is 5.32 Å². The summed E-state index contributed by atoms with van der Waals surface area (Å²) in [6.07, 6.45) is 0.289. The van der Waals surface area contributed by atoms with Crippen LogP contribution in [0, 0.1) is 10.1 Å². The first-order valence-corrected chi connectivity index (χ1v) is 7.50. The molecule has 1 amide bonds. The van der Waals surface area contributed by atoms with E-state index in [4.69, 9.17) is 0 Å².